The predicted molar refractivity (Wildman–Crippen MR) is 129 cm³/mol. The van der Waals surface area contributed by atoms with E-state index in [1.165, 1.54) is 19.3 Å². The molecule has 0 unspecified atom stereocenters. The Bertz CT molecular complexity index is 1200. The van der Waals surface area contributed by atoms with Gasteiger partial charge < -0.3 is 19.8 Å². The number of carbonyl (C=O) groups excluding carboxylic acids is 1. The van der Waals surface area contributed by atoms with Crippen LogP contribution < -0.4 is 20.3 Å². The van der Waals surface area contributed by atoms with E-state index in [1.54, 1.807) is 13.2 Å². The topological polar surface area (TPSA) is 106 Å². The van der Waals surface area contributed by atoms with Crippen molar-refractivity contribution in [1.82, 2.24) is 20.5 Å². The fraction of sp³-hybridized carbons (Fsp3) is 0.385. The van der Waals surface area contributed by atoms with Crippen molar-refractivity contribution in [2.75, 3.05) is 13.7 Å². The molecule has 0 spiro atoms. The minimum atomic E-state index is -0.360. The number of aromatic amines is 1. The maximum absolute atomic E-state index is 12.5. The van der Waals surface area contributed by atoms with Gasteiger partial charge in [-0.3, -0.25) is 9.59 Å². The van der Waals surface area contributed by atoms with Crippen molar-refractivity contribution in [1.29, 1.82) is 0 Å². The van der Waals surface area contributed by atoms with E-state index in [9.17, 15) is 9.59 Å². The number of nitrogens with one attached hydrogen (secondary N) is 2. The highest BCUT2D eigenvalue weighted by molar-refractivity contribution is 5.76. The molecule has 1 fully saturated rings. The zero-order valence-electron chi connectivity index (χ0n) is 19.6. The quantitative estimate of drug-likeness (QED) is 0.477. The second-order valence-corrected chi connectivity index (χ2v) is 8.69. The Morgan fingerprint density at radius 1 is 1.15 bits per heavy atom. The second-order valence-electron chi connectivity index (χ2n) is 8.69. The summed E-state index contributed by atoms with van der Waals surface area (Å²) in [5, 5.41) is 11.1. The number of aromatic nitrogens is 3. The van der Waals surface area contributed by atoms with Crippen LogP contribution >= 0.6 is 0 Å². The first kappa shape index (κ1) is 23.5. The molecule has 0 saturated heterocycles. The number of carbonyl (C=O) groups is 1. The summed E-state index contributed by atoms with van der Waals surface area (Å²) in [6, 6.07) is 13.4. The van der Waals surface area contributed by atoms with E-state index in [1.807, 2.05) is 43.3 Å². The summed E-state index contributed by atoms with van der Waals surface area (Å²) in [6.45, 7) is 3.14. The van der Waals surface area contributed by atoms with Crippen LogP contribution in [0, 0.1) is 12.8 Å². The van der Waals surface area contributed by atoms with Gasteiger partial charge in [-0.1, -0.05) is 36.2 Å². The van der Waals surface area contributed by atoms with E-state index in [0.717, 1.165) is 11.1 Å². The monoisotopic (exact) mass is 462 g/mol. The van der Waals surface area contributed by atoms with Crippen molar-refractivity contribution in [2.45, 2.75) is 45.6 Å². The van der Waals surface area contributed by atoms with Gasteiger partial charge in [-0.2, -0.15) is 0 Å². The Labute approximate surface area is 198 Å². The predicted octanol–water partition coefficient (Wildman–Crippen LogP) is 3.58. The maximum atomic E-state index is 12.5. The number of hydrogen-bond acceptors (Lipinski definition) is 6. The van der Waals surface area contributed by atoms with Crippen LogP contribution in [0.1, 0.15) is 42.5 Å². The molecule has 8 heteroatoms. The molecular formula is C26H30N4O4. The smallest absolute Gasteiger partial charge is 0.273 e. The maximum Gasteiger partial charge on any atom is 0.273 e. The van der Waals surface area contributed by atoms with Gasteiger partial charge in [-0.05, 0) is 49.4 Å². The minimum Gasteiger partial charge on any atom is -0.493 e. The molecule has 1 saturated carbocycles. The van der Waals surface area contributed by atoms with E-state index in [4.69, 9.17) is 9.47 Å². The second kappa shape index (κ2) is 11.0. The zero-order chi connectivity index (χ0) is 23.9. The molecule has 0 bridgehead atoms. The lowest BCUT2D eigenvalue weighted by molar-refractivity contribution is -0.121. The van der Waals surface area contributed by atoms with Crippen molar-refractivity contribution < 1.29 is 14.3 Å². The van der Waals surface area contributed by atoms with Crippen LogP contribution in [0.3, 0.4) is 0 Å². The Morgan fingerprint density at radius 3 is 2.71 bits per heavy atom. The van der Waals surface area contributed by atoms with Crippen LogP contribution in [0.15, 0.2) is 47.3 Å². The molecule has 2 N–H and O–H groups in total. The molecular weight excluding hydrogens is 432 g/mol. The van der Waals surface area contributed by atoms with Gasteiger partial charge in [0.2, 0.25) is 5.91 Å². The Balaban J connectivity index is 1.34. The van der Waals surface area contributed by atoms with E-state index in [2.05, 4.69) is 20.5 Å². The third-order valence-electron chi connectivity index (χ3n) is 6.06. The fourth-order valence-corrected chi connectivity index (χ4v) is 3.80. The molecule has 0 radical (unpaired) electrons. The van der Waals surface area contributed by atoms with Gasteiger partial charge in [0, 0.05) is 24.9 Å². The first-order chi connectivity index (χ1) is 16.5. The number of ether oxygens (including phenoxy) is 2. The number of rotatable bonds is 10. The van der Waals surface area contributed by atoms with E-state index in [0.29, 0.717) is 42.0 Å². The van der Waals surface area contributed by atoms with E-state index >= 15 is 0 Å². The van der Waals surface area contributed by atoms with Crippen LogP contribution in [0.5, 0.6) is 11.5 Å². The first-order valence-electron chi connectivity index (χ1n) is 11.6. The highest BCUT2D eigenvalue weighted by atomic mass is 16.5. The molecule has 1 heterocycles. The summed E-state index contributed by atoms with van der Waals surface area (Å²) in [5.74, 6) is 2.05. The Morgan fingerprint density at radius 2 is 2.00 bits per heavy atom. The standard InChI is InChI=1S/C26H30N4O4/c1-17-5-3-8-19(13-17)15-27-24(31)12-10-21-26(32)28-25(30-29-21)20-9-11-22(23(14-20)33-2)34-16-18-6-4-7-18/h3,5,8-9,11,13-14,18H,4,6-7,10,12,15-16H2,1-2H3,(H,27,31)(H,28,30,32). The number of nitrogens with zero attached hydrogens (tertiary/aromatic N) is 2. The van der Waals surface area contributed by atoms with Gasteiger partial charge in [-0.25, -0.2) is 0 Å². The molecule has 2 aromatic carbocycles. The van der Waals surface area contributed by atoms with Crippen LogP contribution in [0.25, 0.3) is 11.4 Å². The molecule has 8 nitrogen and oxygen atoms in total. The molecule has 1 aliphatic rings. The molecule has 0 atom stereocenters. The SMILES string of the molecule is COc1cc(-c2nnc(CCC(=O)NCc3cccc(C)c3)c(=O)[nH]2)ccc1OCC1CCC1. The normalized spacial score (nSPS) is 13.2. The fourth-order valence-electron chi connectivity index (χ4n) is 3.80. The lowest BCUT2D eigenvalue weighted by Gasteiger charge is -2.25. The molecule has 4 rings (SSSR count). The van der Waals surface area contributed by atoms with Gasteiger partial charge in [0.05, 0.1) is 13.7 Å². The van der Waals surface area contributed by atoms with Gasteiger partial charge >= 0.3 is 0 Å². The average molecular weight is 463 g/mol. The molecule has 178 valence electrons. The summed E-state index contributed by atoms with van der Waals surface area (Å²) in [5.41, 5.74) is 2.70. The van der Waals surface area contributed by atoms with Crippen LogP contribution in [-0.2, 0) is 17.8 Å². The van der Waals surface area contributed by atoms with Crippen LogP contribution in [0.2, 0.25) is 0 Å². The number of hydrogen-bond donors (Lipinski definition) is 2. The van der Waals surface area contributed by atoms with Gasteiger partial charge in [0.1, 0.15) is 5.69 Å². The highest BCUT2D eigenvalue weighted by Gasteiger charge is 2.19. The van der Waals surface area contributed by atoms with Crippen molar-refractivity contribution in [3.05, 3.63) is 69.6 Å². The lowest BCUT2D eigenvalue weighted by atomic mass is 9.86. The Hall–Kier alpha value is -3.68. The summed E-state index contributed by atoms with van der Waals surface area (Å²) in [4.78, 5) is 27.5. The molecule has 1 aliphatic carbocycles. The van der Waals surface area contributed by atoms with E-state index < -0.39 is 0 Å². The summed E-state index contributed by atoms with van der Waals surface area (Å²) in [7, 11) is 1.58. The Kier molecular flexibility index (Phi) is 7.57. The molecule has 3 aromatic rings. The molecule has 1 aromatic heterocycles. The van der Waals surface area contributed by atoms with Gasteiger partial charge in [-0.15, -0.1) is 10.2 Å². The van der Waals surface area contributed by atoms with Crippen LogP contribution in [-0.4, -0.2) is 34.8 Å². The summed E-state index contributed by atoms with van der Waals surface area (Å²) in [6.07, 6.45) is 4.05. The number of amides is 1. The van der Waals surface area contributed by atoms with Gasteiger partial charge in [0.15, 0.2) is 17.3 Å². The van der Waals surface area contributed by atoms with Crippen LogP contribution in [0.4, 0.5) is 0 Å². The number of aryl methyl sites for hydroxylation is 2. The number of methoxy groups -OCH3 is 1. The van der Waals surface area contributed by atoms with Crippen molar-refractivity contribution in [3.63, 3.8) is 0 Å². The highest BCUT2D eigenvalue weighted by Crippen LogP contribution is 2.33. The molecule has 34 heavy (non-hydrogen) atoms. The molecule has 0 aliphatic heterocycles. The largest absolute Gasteiger partial charge is 0.493 e. The van der Waals surface area contributed by atoms with Gasteiger partial charge in [0.25, 0.3) is 5.56 Å². The summed E-state index contributed by atoms with van der Waals surface area (Å²) < 4.78 is 11.4. The van der Waals surface area contributed by atoms with Crippen molar-refractivity contribution in [3.8, 4) is 22.9 Å². The minimum absolute atomic E-state index is 0.144. The molecule has 1 amide bonds. The first-order valence-corrected chi connectivity index (χ1v) is 11.6. The average Bonchev–Trinajstić information content (AvgIpc) is 2.81. The summed E-state index contributed by atoms with van der Waals surface area (Å²) >= 11 is 0. The van der Waals surface area contributed by atoms with E-state index in [-0.39, 0.29) is 30.0 Å². The number of H-pyrrole nitrogens is 1. The number of benzene rings is 2. The lowest BCUT2D eigenvalue weighted by Crippen LogP contribution is -2.25. The third-order valence-corrected chi connectivity index (χ3v) is 6.06. The third kappa shape index (κ3) is 6.01. The van der Waals surface area contributed by atoms with Crippen molar-refractivity contribution in [2.24, 2.45) is 5.92 Å². The van der Waals surface area contributed by atoms with Crippen molar-refractivity contribution >= 4 is 5.91 Å². The zero-order valence-corrected chi connectivity index (χ0v) is 19.6.